The average Bonchev–Trinajstić information content (AvgIpc) is 3.02. The van der Waals surface area contributed by atoms with Crippen molar-refractivity contribution in [2.45, 2.75) is 32.9 Å². The van der Waals surface area contributed by atoms with Crippen molar-refractivity contribution >= 4 is 28.2 Å². The Balaban J connectivity index is 1.41. The minimum atomic E-state index is -0.0411. The number of carbonyl (C=O) groups excluding carboxylic acids is 1. The summed E-state index contributed by atoms with van der Waals surface area (Å²) in [6.07, 6.45) is 2.28. The Morgan fingerprint density at radius 1 is 1.14 bits per heavy atom. The first kappa shape index (κ1) is 29.6. The van der Waals surface area contributed by atoms with Gasteiger partial charge < -0.3 is 29.3 Å². The lowest BCUT2D eigenvalue weighted by molar-refractivity contribution is -0.126. The Morgan fingerprint density at radius 3 is 2.67 bits per heavy atom. The van der Waals surface area contributed by atoms with Gasteiger partial charge in [0, 0.05) is 75.6 Å². The topological polar surface area (TPSA) is 94.5 Å². The van der Waals surface area contributed by atoms with Gasteiger partial charge in [-0.2, -0.15) is 9.97 Å². The van der Waals surface area contributed by atoms with Gasteiger partial charge in [-0.1, -0.05) is 37.8 Å². The van der Waals surface area contributed by atoms with Gasteiger partial charge in [-0.25, -0.2) is 0 Å². The Kier molecular flexibility index (Phi) is 9.44. The van der Waals surface area contributed by atoms with Crippen LogP contribution >= 0.6 is 0 Å². The summed E-state index contributed by atoms with van der Waals surface area (Å²) in [6.45, 7) is 14.7. The van der Waals surface area contributed by atoms with Crippen LogP contribution in [0, 0.1) is 0 Å². The first-order chi connectivity index (χ1) is 20.4. The second kappa shape index (κ2) is 13.4. The number of aromatic nitrogens is 2. The molecule has 2 aromatic carbocycles. The van der Waals surface area contributed by atoms with Crippen molar-refractivity contribution in [1.82, 2.24) is 19.8 Å². The molecule has 2 aliphatic heterocycles. The third-order valence-corrected chi connectivity index (χ3v) is 8.26. The van der Waals surface area contributed by atoms with E-state index in [9.17, 15) is 9.90 Å². The number of aromatic hydroxyl groups is 1. The number of anilines is 2. The molecule has 42 heavy (non-hydrogen) atoms. The smallest absolute Gasteiger partial charge is 0.318 e. The summed E-state index contributed by atoms with van der Waals surface area (Å²) in [6, 6.07) is 12.1. The van der Waals surface area contributed by atoms with Crippen LogP contribution < -0.4 is 14.5 Å². The summed E-state index contributed by atoms with van der Waals surface area (Å²) < 4.78 is 11.6. The number of hydrogen-bond acceptors (Lipinski definition) is 9. The number of phenols is 1. The zero-order chi connectivity index (χ0) is 29.6. The molecule has 3 aromatic rings. The quantitative estimate of drug-likeness (QED) is 0.346. The number of hydrogen-bond donors (Lipinski definition) is 1. The Morgan fingerprint density at radius 2 is 1.93 bits per heavy atom. The number of likely N-dealkylation sites (N-methyl/N-ethyl adjacent to an activating group) is 1. The highest BCUT2D eigenvalue weighted by molar-refractivity contribution is 5.95. The molecule has 10 nitrogen and oxygen atoms in total. The number of amides is 1. The van der Waals surface area contributed by atoms with Gasteiger partial charge in [0.05, 0.1) is 18.3 Å². The molecule has 1 saturated heterocycles. The number of nitrogens with zero attached hydrogens (tertiary/aromatic N) is 6. The first-order valence-electron chi connectivity index (χ1n) is 14.8. The summed E-state index contributed by atoms with van der Waals surface area (Å²) in [5.74, 6) is 1.10. The van der Waals surface area contributed by atoms with Gasteiger partial charge in [-0.3, -0.25) is 9.69 Å². The number of methoxy groups -OCH3 is 1. The molecule has 2 aliphatic rings. The van der Waals surface area contributed by atoms with E-state index < -0.39 is 0 Å². The highest BCUT2D eigenvalue weighted by atomic mass is 16.5. The fourth-order valence-corrected chi connectivity index (χ4v) is 5.81. The molecular weight excluding hydrogens is 532 g/mol. The average molecular weight is 575 g/mol. The zero-order valence-corrected chi connectivity index (χ0v) is 25.0. The van der Waals surface area contributed by atoms with Crippen LogP contribution in [-0.2, 0) is 22.5 Å². The number of benzene rings is 2. The van der Waals surface area contributed by atoms with Crippen LogP contribution in [0.25, 0.3) is 10.8 Å². The molecule has 1 unspecified atom stereocenters. The maximum absolute atomic E-state index is 12.2. The van der Waals surface area contributed by atoms with Crippen molar-refractivity contribution in [3.8, 4) is 11.8 Å². The molecule has 0 spiro atoms. The van der Waals surface area contributed by atoms with Gasteiger partial charge in [0.2, 0.25) is 5.91 Å². The van der Waals surface area contributed by atoms with E-state index in [1.165, 1.54) is 6.08 Å². The van der Waals surface area contributed by atoms with E-state index in [-0.39, 0.29) is 17.8 Å². The molecule has 0 saturated carbocycles. The second-order valence-electron chi connectivity index (χ2n) is 10.9. The first-order valence-corrected chi connectivity index (χ1v) is 14.8. The van der Waals surface area contributed by atoms with E-state index in [4.69, 9.17) is 19.4 Å². The Bertz CT molecular complexity index is 1410. The summed E-state index contributed by atoms with van der Waals surface area (Å²) in [5.41, 5.74) is 3.04. The van der Waals surface area contributed by atoms with Crippen molar-refractivity contribution in [3.05, 3.63) is 60.3 Å². The number of rotatable bonds is 11. The van der Waals surface area contributed by atoms with Crippen LogP contribution in [0.1, 0.15) is 25.1 Å². The molecule has 224 valence electrons. The molecule has 0 bridgehead atoms. The molecule has 5 rings (SSSR count). The van der Waals surface area contributed by atoms with Crippen LogP contribution in [0.2, 0.25) is 0 Å². The fraction of sp³-hybridized carbons (Fsp3) is 0.469. The minimum Gasteiger partial charge on any atom is -0.508 e. The van der Waals surface area contributed by atoms with Gasteiger partial charge in [0.25, 0.3) is 0 Å². The number of carbonyl (C=O) groups is 1. The summed E-state index contributed by atoms with van der Waals surface area (Å²) >= 11 is 0. The van der Waals surface area contributed by atoms with E-state index in [1.54, 1.807) is 13.2 Å². The molecule has 1 aromatic heterocycles. The van der Waals surface area contributed by atoms with Crippen LogP contribution in [0.4, 0.5) is 11.5 Å². The van der Waals surface area contributed by atoms with Crippen LogP contribution in [0.5, 0.6) is 11.8 Å². The molecule has 1 fully saturated rings. The molecule has 10 heteroatoms. The molecular formula is C32H42N6O4. The standard InChI is InChI=1S/C32H42N6O4/c1-5-30(40)36-13-15-37(16-14-36)31-27-11-12-38(29-20-25(39)19-24-9-7-8-10-26(24)29)22-28(27)33-32(34-31)42-18-17-35(6-2)21-23(3)41-4/h5,7-10,19-20,23,39H,1,6,11-18,21-22H2,2-4H3. The SMILES string of the molecule is C=CC(=O)N1CCN(c2nc(OCCN(CC)CC(C)OC)nc3c2CCN(c2cc(O)cc4ccccc24)C3)CC1. The van der Waals surface area contributed by atoms with E-state index in [2.05, 4.69) is 41.2 Å². The van der Waals surface area contributed by atoms with Gasteiger partial charge in [-0.05, 0) is 37.4 Å². The predicted molar refractivity (Wildman–Crippen MR) is 165 cm³/mol. The van der Waals surface area contributed by atoms with E-state index in [0.29, 0.717) is 45.3 Å². The molecule has 3 heterocycles. The van der Waals surface area contributed by atoms with Crippen molar-refractivity contribution in [2.24, 2.45) is 0 Å². The maximum Gasteiger partial charge on any atom is 0.318 e. The van der Waals surface area contributed by atoms with Crippen LogP contribution in [-0.4, -0.2) is 103 Å². The van der Waals surface area contributed by atoms with E-state index in [0.717, 1.165) is 66.1 Å². The third-order valence-electron chi connectivity index (χ3n) is 8.26. The van der Waals surface area contributed by atoms with Crippen molar-refractivity contribution in [2.75, 3.05) is 75.9 Å². The van der Waals surface area contributed by atoms with Crippen molar-refractivity contribution < 1.29 is 19.4 Å². The van der Waals surface area contributed by atoms with Crippen molar-refractivity contribution in [3.63, 3.8) is 0 Å². The van der Waals surface area contributed by atoms with Crippen LogP contribution in [0.3, 0.4) is 0 Å². The number of phenolic OH excluding ortho intramolecular Hbond substituents is 1. The molecule has 0 radical (unpaired) electrons. The summed E-state index contributed by atoms with van der Waals surface area (Å²) in [5, 5.41) is 12.6. The van der Waals surface area contributed by atoms with Gasteiger partial charge >= 0.3 is 6.01 Å². The highest BCUT2D eigenvalue weighted by Gasteiger charge is 2.29. The zero-order valence-electron chi connectivity index (χ0n) is 25.0. The molecule has 0 aliphatic carbocycles. The van der Waals surface area contributed by atoms with Gasteiger partial charge in [0.1, 0.15) is 18.2 Å². The monoisotopic (exact) mass is 574 g/mol. The second-order valence-corrected chi connectivity index (χ2v) is 10.9. The minimum absolute atomic E-state index is 0.0411. The number of ether oxygens (including phenoxy) is 2. The maximum atomic E-state index is 12.2. The highest BCUT2D eigenvalue weighted by Crippen LogP contribution is 2.36. The predicted octanol–water partition coefficient (Wildman–Crippen LogP) is 3.47. The number of piperazine rings is 1. The van der Waals surface area contributed by atoms with Crippen LogP contribution in [0.15, 0.2) is 49.1 Å². The van der Waals surface area contributed by atoms with E-state index >= 15 is 0 Å². The lowest BCUT2D eigenvalue weighted by Gasteiger charge is -2.38. The lowest BCUT2D eigenvalue weighted by Crippen LogP contribution is -2.49. The fourth-order valence-electron chi connectivity index (χ4n) is 5.81. The van der Waals surface area contributed by atoms with Gasteiger partial charge in [0.15, 0.2) is 0 Å². The van der Waals surface area contributed by atoms with Crippen molar-refractivity contribution in [1.29, 1.82) is 0 Å². The molecule has 1 amide bonds. The van der Waals surface area contributed by atoms with Gasteiger partial charge in [-0.15, -0.1) is 0 Å². The summed E-state index contributed by atoms with van der Waals surface area (Å²) in [4.78, 5) is 30.7. The number of fused-ring (bicyclic) bond motifs is 2. The lowest BCUT2D eigenvalue weighted by atomic mass is 10.0. The third kappa shape index (κ3) is 6.60. The normalized spacial score (nSPS) is 16.0. The Hall–Kier alpha value is -3.89. The van der Waals surface area contributed by atoms with E-state index in [1.807, 2.05) is 29.2 Å². The summed E-state index contributed by atoms with van der Waals surface area (Å²) in [7, 11) is 1.73. The largest absolute Gasteiger partial charge is 0.508 e. The Labute approximate surface area is 248 Å². The molecule has 1 atom stereocenters. The molecule has 1 N–H and O–H groups in total.